The molecule has 2 spiro atoms. The Balaban J connectivity index is 1.25. The molecule has 11 nitrogen and oxygen atoms in total. The van der Waals surface area contributed by atoms with E-state index in [-0.39, 0.29) is 42.5 Å². The number of rotatable bonds is 11. The van der Waals surface area contributed by atoms with E-state index in [2.05, 4.69) is 15.8 Å². The average Bonchev–Trinajstić information content (AvgIpc) is 3.92. The van der Waals surface area contributed by atoms with Crippen LogP contribution in [0.25, 0.3) is 0 Å². The smallest absolute Gasteiger partial charge is 0.246 e. The minimum atomic E-state index is -1.01. The van der Waals surface area contributed by atoms with Crippen molar-refractivity contribution in [2.45, 2.75) is 109 Å². The zero-order chi connectivity index (χ0) is 34.4. The van der Waals surface area contributed by atoms with E-state index in [0.29, 0.717) is 36.8 Å². The molecular weight excluding hydrogens is 636 g/mol. The summed E-state index contributed by atoms with van der Waals surface area (Å²) in [5.41, 5.74) is -0.321. The Bertz CT molecular complexity index is 1510. The molecule has 2 saturated carbocycles. The van der Waals surface area contributed by atoms with Crippen LogP contribution in [0.1, 0.15) is 91.0 Å². The number of carbonyl (C=O) groups is 5. The average molecular weight is 683 g/mol. The molecule has 2 N–H and O–H groups in total. The first kappa shape index (κ1) is 34.5. The number of ether oxygens (including phenoxy) is 1. The second kappa shape index (κ2) is 13.2. The van der Waals surface area contributed by atoms with Gasteiger partial charge in [-0.05, 0) is 54.6 Å². The molecule has 12 heteroatoms. The third-order valence-corrected chi connectivity index (χ3v) is 11.1. The van der Waals surface area contributed by atoms with Crippen LogP contribution in [0.5, 0.6) is 0 Å². The third-order valence-electron chi connectivity index (χ3n) is 10.9. The van der Waals surface area contributed by atoms with E-state index >= 15 is 0 Å². The maximum absolute atomic E-state index is 14.6. The Morgan fingerprint density at radius 2 is 1.79 bits per heavy atom. The summed E-state index contributed by atoms with van der Waals surface area (Å²) in [4.78, 5) is 75.5. The summed E-state index contributed by atoms with van der Waals surface area (Å²) in [5.74, 6) is -2.14. The van der Waals surface area contributed by atoms with Crippen LogP contribution >= 0.6 is 11.6 Å². The van der Waals surface area contributed by atoms with Crippen LogP contribution in [0.15, 0.2) is 29.4 Å². The van der Waals surface area contributed by atoms with Crippen LogP contribution in [0.3, 0.4) is 0 Å². The molecule has 0 bridgehead atoms. The van der Waals surface area contributed by atoms with Gasteiger partial charge in [-0.25, -0.2) is 0 Å². The van der Waals surface area contributed by atoms with Crippen molar-refractivity contribution in [2.75, 3.05) is 19.8 Å². The standard InChI is InChI=1S/C36H47ClN4O7/c1-5-28(42)29(43)25(15-21-9-10-21)38-32(45)27-19-36(18-26(40-48-36)22-7-6-8-23(37)16-22)20-41(27)33(46)30(34(2,3)4)39-31(44)24-17-35(24)11-13-47-14-12-35/h6-8,16,21,24-25,27,30H,5,9-15,17-20H2,1-4H3,(H,38,45)(H,39,44)/t24-,25+,27+,30-,36-/m1/s1. The highest BCUT2D eigenvalue weighted by molar-refractivity contribution is 6.39. The number of amides is 3. The monoisotopic (exact) mass is 682 g/mol. The highest BCUT2D eigenvalue weighted by atomic mass is 35.5. The molecule has 48 heavy (non-hydrogen) atoms. The molecule has 4 fully saturated rings. The lowest BCUT2D eigenvalue weighted by atomic mass is 9.85. The number of likely N-dealkylation sites (tertiary alicyclic amines) is 1. The van der Waals surface area contributed by atoms with Crippen molar-refractivity contribution in [3.8, 4) is 0 Å². The number of hydrogen-bond acceptors (Lipinski definition) is 8. The molecule has 5 aliphatic rings. The van der Waals surface area contributed by atoms with E-state index in [0.717, 1.165) is 37.7 Å². The molecule has 0 radical (unpaired) electrons. The molecule has 0 aromatic heterocycles. The number of nitrogens with zero attached hydrogens (tertiary/aromatic N) is 2. The van der Waals surface area contributed by atoms with Crippen LogP contribution in [-0.2, 0) is 33.5 Å². The van der Waals surface area contributed by atoms with Crippen molar-refractivity contribution in [2.24, 2.45) is 27.8 Å². The van der Waals surface area contributed by atoms with E-state index in [1.165, 1.54) is 4.90 Å². The third kappa shape index (κ3) is 7.18. The summed E-state index contributed by atoms with van der Waals surface area (Å²) in [6, 6.07) is 4.36. The molecule has 2 aliphatic carbocycles. The van der Waals surface area contributed by atoms with E-state index < -0.39 is 52.5 Å². The molecular formula is C36H47ClN4O7. The van der Waals surface area contributed by atoms with Crippen molar-refractivity contribution >= 4 is 46.6 Å². The van der Waals surface area contributed by atoms with Gasteiger partial charge in [0.15, 0.2) is 11.4 Å². The van der Waals surface area contributed by atoms with Crippen molar-refractivity contribution in [3.63, 3.8) is 0 Å². The van der Waals surface area contributed by atoms with E-state index in [1.54, 1.807) is 19.1 Å². The molecule has 3 heterocycles. The van der Waals surface area contributed by atoms with E-state index in [9.17, 15) is 24.0 Å². The van der Waals surface area contributed by atoms with Gasteiger partial charge in [0.25, 0.3) is 0 Å². The predicted molar refractivity (Wildman–Crippen MR) is 178 cm³/mol. The fourth-order valence-corrected chi connectivity index (χ4v) is 7.80. The van der Waals surface area contributed by atoms with Gasteiger partial charge in [0.2, 0.25) is 23.5 Å². The van der Waals surface area contributed by atoms with Gasteiger partial charge in [0, 0.05) is 49.0 Å². The molecule has 0 unspecified atom stereocenters. The lowest BCUT2D eigenvalue weighted by Gasteiger charge is -2.36. The zero-order valence-corrected chi connectivity index (χ0v) is 29.1. The summed E-state index contributed by atoms with van der Waals surface area (Å²) in [6.07, 6.45) is 5.19. The maximum Gasteiger partial charge on any atom is 0.246 e. The Labute approximate surface area is 286 Å². The first-order valence-electron chi connectivity index (χ1n) is 17.3. The minimum Gasteiger partial charge on any atom is -0.387 e. The number of Topliss-reactive ketones (excluding diaryl/α,β-unsaturated/α-hetero) is 2. The van der Waals surface area contributed by atoms with E-state index in [1.807, 2.05) is 32.9 Å². The second-order valence-corrected chi connectivity index (χ2v) is 16.0. The molecule has 3 amide bonds. The fourth-order valence-electron chi connectivity index (χ4n) is 7.61. The van der Waals surface area contributed by atoms with Gasteiger partial charge in [-0.15, -0.1) is 0 Å². The quantitative estimate of drug-likeness (QED) is 0.336. The number of hydrogen-bond donors (Lipinski definition) is 2. The molecule has 1 aromatic rings. The van der Waals surface area contributed by atoms with Gasteiger partial charge in [-0.2, -0.15) is 0 Å². The first-order chi connectivity index (χ1) is 22.7. The fraction of sp³-hybridized carbons (Fsp3) is 0.667. The SMILES string of the molecule is CCC(=O)C(=O)[C@H](CC1CC1)NC(=O)[C@@H]1C[C@]2(CC(c3cccc(Cl)c3)=NO2)CN1C(=O)[C@@H](NC(=O)[C@H]1CC12CCOCC2)C(C)(C)C. The zero-order valence-electron chi connectivity index (χ0n) is 28.3. The normalized spacial score (nSPS) is 27.2. The highest BCUT2D eigenvalue weighted by Crippen LogP contribution is 2.59. The Kier molecular flexibility index (Phi) is 9.50. The topological polar surface area (TPSA) is 143 Å². The number of halogens is 1. The van der Waals surface area contributed by atoms with Gasteiger partial charge in [-0.1, -0.05) is 69.4 Å². The largest absolute Gasteiger partial charge is 0.387 e. The van der Waals surface area contributed by atoms with Crippen LogP contribution in [0.4, 0.5) is 0 Å². The second-order valence-electron chi connectivity index (χ2n) is 15.6. The maximum atomic E-state index is 14.6. The van der Waals surface area contributed by atoms with Crippen molar-refractivity contribution < 1.29 is 33.5 Å². The van der Waals surface area contributed by atoms with E-state index in [4.69, 9.17) is 21.2 Å². The Hall–Kier alpha value is -3.31. The minimum absolute atomic E-state index is 0.0484. The predicted octanol–water partition coefficient (Wildman–Crippen LogP) is 3.98. The molecule has 5 atom stereocenters. The van der Waals surface area contributed by atoms with Crippen molar-refractivity contribution in [1.82, 2.24) is 15.5 Å². The Morgan fingerprint density at radius 3 is 2.44 bits per heavy atom. The lowest BCUT2D eigenvalue weighted by molar-refractivity contribution is -0.145. The van der Waals surface area contributed by atoms with Crippen LogP contribution in [-0.4, -0.2) is 83.4 Å². The summed E-state index contributed by atoms with van der Waals surface area (Å²) < 4.78 is 5.52. The number of oxime groups is 1. The van der Waals surface area contributed by atoms with Crippen LogP contribution < -0.4 is 10.6 Å². The highest BCUT2D eigenvalue weighted by Gasteiger charge is 2.60. The van der Waals surface area contributed by atoms with Gasteiger partial charge in [-0.3, -0.25) is 24.0 Å². The molecule has 3 aliphatic heterocycles. The molecule has 260 valence electrons. The molecule has 1 aromatic carbocycles. The first-order valence-corrected chi connectivity index (χ1v) is 17.7. The van der Waals surface area contributed by atoms with Gasteiger partial charge in [0.1, 0.15) is 12.1 Å². The summed E-state index contributed by atoms with van der Waals surface area (Å²) in [6.45, 7) is 8.61. The Morgan fingerprint density at radius 1 is 1.06 bits per heavy atom. The number of nitrogens with one attached hydrogen (secondary N) is 2. The molecule has 6 rings (SSSR count). The van der Waals surface area contributed by atoms with Crippen molar-refractivity contribution in [1.29, 1.82) is 0 Å². The van der Waals surface area contributed by atoms with Crippen molar-refractivity contribution in [3.05, 3.63) is 34.9 Å². The van der Waals surface area contributed by atoms with Gasteiger partial charge >= 0.3 is 0 Å². The lowest BCUT2D eigenvalue weighted by Crippen LogP contribution is -2.59. The number of ketones is 2. The number of carbonyl (C=O) groups excluding carboxylic acids is 5. The summed E-state index contributed by atoms with van der Waals surface area (Å²) in [5, 5.41) is 10.9. The number of benzene rings is 1. The van der Waals surface area contributed by atoms with Gasteiger partial charge < -0.3 is 25.1 Å². The van der Waals surface area contributed by atoms with Gasteiger partial charge in [0.05, 0.1) is 18.3 Å². The summed E-state index contributed by atoms with van der Waals surface area (Å²) >= 11 is 6.25. The van der Waals surface area contributed by atoms with Crippen LogP contribution in [0, 0.1) is 22.7 Å². The van der Waals surface area contributed by atoms with Crippen LogP contribution in [0.2, 0.25) is 5.02 Å². The molecule has 2 saturated heterocycles. The summed E-state index contributed by atoms with van der Waals surface area (Å²) in [7, 11) is 0.